The number of para-hydroxylation sites is 2. The molecule has 0 amide bonds. The number of anilines is 1. The third kappa shape index (κ3) is 8.21. The average Bonchev–Trinajstić information content (AvgIpc) is 2.59. The van der Waals surface area contributed by atoms with Crippen molar-refractivity contribution in [3.05, 3.63) is 48.2 Å². The van der Waals surface area contributed by atoms with Gasteiger partial charge in [-0.1, -0.05) is 12.1 Å². The number of halogens is 7. The van der Waals surface area contributed by atoms with Crippen molar-refractivity contribution in [2.24, 2.45) is 10.7 Å². The molecule has 13 heteroatoms. The molecule has 0 aliphatic carbocycles. The molecule has 0 unspecified atom stereocenters. The van der Waals surface area contributed by atoms with E-state index in [1.165, 1.54) is 18.2 Å². The van der Waals surface area contributed by atoms with Gasteiger partial charge in [-0.15, -0.1) is 37.1 Å². The van der Waals surface area contributed by atoms with Crippen LogP contribution in [0.4, 0.5) is 32.0 Å². The largest absolute Gasteiger partial charge is 0.573 e. The first kappa shape index (κ1) is 24.6. The van der Waals surface area contributed by atoms with Crippen LogP contribution in [-0.2, 0) is 6.18 Å². The Kier molecular flexibility index (Phi) is 8.79. The first-order valence-corrected chi connectivity index (χ1v) is 7.63. The van der Waals surface area contributed by atoms with Crippen LogP contribution < -0.4 is 20.5 Å². The fourth-order valence-corrected chi connectivity index (χ4v) is 1.99. The Hall–Kier alpha value is -2.45. The van der Waals surface area contributed by atoms with Crippen LogP contribution in [0.25, 0.3) is 0 Å². The van der Waals surface area contributed by atoms with Crippen LogP contribution in [-0.4, -0.2) is 30.5 Å². The topological polar surface area (TPSA) is 81.8 Å². The average molecular weight is 536 g/mol. The van der Waals surface area contributed by atoms with Crippen molar-refractivity contribution in [3.63, 3.8) is 0 Å². The van der Waals surface area contributed by atoms with Crippen LogP contribution in [0.3, 0.4) is 0 Å². The predicted octanol–water partition coefficient (Wildman–Crippen LogP) is 4.42. The fourth-order valence-electron chi connectivity index (χ4n) is 1.99. The molecular weight excluding hydrogens is 521 g/mol. The van der Waals surface area contributed by atoms with Crippen molar-refractivity contribution in [1.82, 2.24) is 4.98 Å². The maximum absolute atomic E-state index is 12.8. The minimum atomic E-state index is -4.89. The lowest BCUT2D eigenvalue weighted by atomic mass is 10.2. The highest BCUT2D eigenvalue weighted by atomic mass is 127. The number of nitrogens with two attached hydrogens (primary N) is 1. The molecule has 2 aromatic rings. The van der Waals surface area contributed by atoms with Gasteiger partial charge in [-0.3, -0.25) is 0 Å². The molecule has 0 radical (unpaired) electrons. The number of aliphatic imine (C=N–C) groups is 1. The maximum Gasteiger partial charge on any atom is 0.573 e. The Bertz CT molecular complexity index is 830. The molecule has 29 heavy (non-hydrogen) atoms. The summed E-state index contributed by atoms with van der Waals surface area (Å²) in [6.45, 7) is -0.460. The van der Waals surface area contributed by atoms with E-state index in [0.717, 1.165) is 24.4 Å². The molecule has 2 rings (SSSR count). The van der Waals surface area contributed by atoms with Crippen molar-refractivity contribution < 1.29 is 35.8 Å². The fraction of sp³-hybridized carbons (Fsp3) is 0.250. The number of nitrogens with zero attached hydrogens (tertiary/aromatic N) is 2. The lowest BCUT2D eigenvalue weighted by molar-refractivity contribution is -0.274. The minimum absolute atomic E-state index is 0. The normalized spacial score (nSPS) is 12.1. The number of nitrogens with one attached hydrogen (secondary N) is 1. The molecular formula is C16H15F6IN4O2. The van der Waals surface area contributed by atoms with Crippen LogP contribution in [0.15, 0.2) is 47.6 Å². The number of rotatable bonds is 6. The van der Waals surface area contributed by atoms with Crippen molar-refractivity contribution in [3.8, 4) is 11.6 Å². The zero-order chi connectivity index (χ0) is 20.8. The van der Waals surface area contributed by atoms with Crippen LogP contribution in [0, 0.1) is 0 Å². The minimum Gasteiger partial charge on any atom is -0.475 e. The van der Waals surface area contributed by atoms with E-state index in [1.54, 1.807) is 0 Å². The number of benzene rings is 1. The van der Waals surface area contributed by atoms with E-state index in [0.29, 0.717) is 0 Å². The highest BCUT2D eigenvalue weighted by molar-refractivity contribution is 14.0. The van der Waals surface area contributed by atoms with E-state index in [9.17, 15) is 26.3 Å². The summed E-state index contributed by atoms with van der Waals surface area (Å²) in [6.07, 6.45) is -8.38. The Balaban J connectivity index is 0.00000420. The summed E-state index contributed by atoms with van der Waals surface area (Å²) < 4.78 is 84.4. The Labute approximate surface area is 178 Å². The molecule has 0 saturated heterocycles. The first-order valence-electron chi connectivity index (χ1n) is 7.63. The lowest BCUT2D eigenvalue weighted by Gasteiger charge is -2.14. The number of hydrogen-bond acceptors (Lipinski definition) is 4. The summed E-state index contributed by atoms with van der Waals surface area (Å²) >= 11 is 0. The molecule has 0 saturated carbocycles. The van der Waals surface area contributed by atoms with E-state index in [4.69, 9.17) is 10.5 Å². The standard InChI is InChI=1S/C16H14F6N4O2.HI/c17-15(18,19)10-4-3-7-24-13(10)27-9-8-25-14(23)26-11-5-1-2-6-12(11)28-16(20,21)22;/h1-7H,8-9H2,(H3,23,25,26);1H. The molecule has 1 aromatic carbocycles. The second-order valence-electron chi connectivity index (χ2n) is 5.14. The zero-order valence-electron chi connectivity index (χ0n) is 14.4. The Morgan fingerprint density at radius 2 is 1.76 bits per heavy atom. The summed E-state index contributed by atoms with van der Waals surface area (Å²) in [5.41, 5.74) is 4.44. The van der Waals surface area contributed by atoms with Crippen LogP contribution in [0.2, 0.25) is 0 Å². The summed E-state index contributed by atoms with van der Waals surface area (Å²) in [7, 11) is 0. The van der Waals surface area contributed by atoms with Crippen molar-refractivity contribution >= 4 is 35.6 Å². The molecule has 1 aromatic heterocycles. The van der Waals surface area contributed by atoms with Gasteiger partial charge in [-0.25, -0.2) is 9.98 Å². The van der Waals surface area contributed by atoms with Gasteiger partial charge in [-0.05, 0) is 24.3 Å². The van der Waals surface area contributed by atoms with E-state index in [-0.39, 0.29) is 48.8 Å². The monoisotopic (exact) mass is 536 g/mol. The maximum atomic E-state index is 12.8. The smallest absolute Gasteiger partial charge is 0.475 e. The van der Waals surface area contributed by atoms with Crippen LogP contribution >= 0.6 is 24.0 Å². The van der Waals surface area contributed by atoms with E-state index in [2.05, 4.69) is 20.0 Å². The molecule has 3 N–H and O–H groups in total. The highest BCUT2D eigenvalue weighted by Gasteiger charge is 2.35. The second kappa shape index (κ2) is 10.4. The zero-order valence-corrected chi connectivity index (χ0v) is 16.8. The molecule has 1 heterocycles. The van der Waals surface area contributed by atoms with E-state index < -0.39 is 29.7 Å². The number of aromatic nitrogens is 1. The van der Waals surface area contributed by atoms with Gasteiger partial charge in [0.1, 0.15) is 12.2 Å². The molecule has 6 nitrogen and oxygen atoms in total. The first-order chi connectivity index (χ1) is 13.1. The molecule has 0 atom stereocenters. The number of guanidine groups is 1. The molecule has 160 valence electrons. The SMILES string of the molecule is I.NC(=NCCOc1ncccc1C(F)(F)F)Nc1ccccc1OC(F)(F)F. The highest BCUT2D eigenvalue weighted by Crippen LogP contribution is 2.34. The van der Waals surface area contributed by atoms with Gasteiger partial charge in [0.25, 0.3) is 0 Å². The summed E-state index contributed by atoms with van der Waals surface area (Å²) in [5, 5.41) is 2.42. The molecule has 0 spiro atoms. The second-order valence-corrected chi connectivity index (χ2v) is 5.14. The Morgan fingerprint density at radius 3 is 2.41 bits per heavy atom. The Morgan fingerprint density at radius 1 is 1.07 bits per heavy atom. The third-order valence-electron chi connectivity index (χ3n) is 3.06. The van der Waals surface area contributed by atoms with Gasteiger partial charge in [0, 0.05) is 6.20 Å². The molecule has 0 fully saturated rings. The molecule has 0 aliphatic heterocycles. The van der Waals surface area contributed by atoms with E-state index >= 15 is 0 Å². The number of pyridine rings is 1. The summed E-state index contributed by atoms with van der Waals surface area (Å²) in [4.78, 5) is 7.29. The molecule has 0 bridgehead atoms. The van der Waals surface area contributed by atoms with Crippen molar-refractivity contribution in [2.45, 2.75) is 12.5 Å². The number of ether oxygens (including phenoxy) is 2. The quantitative estimate of drug-likeness (QED) is 0.188. The lowest BCUT2D eigenvalue weighted by Crippen LogP contribution is -2.25. The van der Waals surface area contributed by atoms with Gasteiger partial charge in [0.15, 0.2) is 11.7 Å². The third-order valence-corrected chi connectivity index (χ3v) is 3.06. The van der Waals surface area contributed by atoms with Gasteiger partial charge in [0.05, 0.1) is 12.2 Å². The molecule has 0 aliphatic rings. The summed E-state index contributed by atoms with van der Waals surface area (Å²) in [5.74, 6) is -1.41. The summed E-state index contributed by atoms with van der Waals surface area (Å²) in [6, 6.07) is 7.07. The van der Waals surface area contributed by atoms with Gasteiger partial charge < -0.3 is 20.5 Å². The predicted molar refractivity (Wildman–Crippen MR) is 103 cm³/mol. The van der Waals surface area contributed by atoms with Crippen LogP contribution in [0.1, 0.15) is 5.56 Å². The van der Waals surface area contributed by atoms with Crippen molar-refractivity contribution in [1.29, 1.82) is 0 Å². The van der Waals surface area contributed by atoms with Crippen LogP contribution in [0.5, 0.6) is 11.6 Å². The van der Waals surface area contributed by atoms with Gasteiger partial charge in [-0.2, -0.15) is 13.2 Å². The van der Waals surface area contributed by atoms with E-state index in [1.807, 2.05) is 0 Å². The van der Waals surface area contributed by atoms with Gasteiger partial charge >= 0.3 is 12.5 Å². The number of alkyl halides is 6. The number of hydrogen-bond donors (Lipinski definition) is 2. The van der Waals surface area contributed by atoms with Gasteiger partial charge in [0.2, 0.25) is 5.88 Å². The van der Waals surface area contributed by atoms with Crippen molar-refractivity contribution in [2.75, 3.05) is 18.5 Å².